The van der Waals surface area contributed by atoms with Gasteiger partial charge in [-0.2, -0.15) is 0 Å². The van der Waals surface area contributed by atoms with Crippen molar-refractivity contribution in [2.24, 2.45) is 0 Å². The summed E-state index contributed by atoms with van der Waals surface area (Å²) in [5, 5.41) is 7.01. The molecule has 0 unspecified atom stereocenters. The van der Waals surface area contributed by atoms with Gasteiger partial charge in [-0.05, 0) is 210 Å². The standard InChI is InChI=1S/2C26H18Br2N2S2.C26H18F2N2S2/c27-19-9-3-5-11-25(19)31-15-23-24(16-32-26-12-6-4-10-20(26)28)30-22-14-18-8-2-1-7-17(18)13-21(22)29-23;27-19-7-3-9-21(13-19)31-15-25-26(16-32-22-10-4-8-20(28)14-22)30-24-12-18-6-2-1-5-17(18)11-23(24)29-25;27-19-5-9-21(10-6-19)31-15-25-26(16-32-22-11-7-20(28)8-12-22)30-24-14-18-4-2-1-3-17(18)13-23(24)29-25/h3*1-14H,15-16H2. The first-order valence-corrected chi connectivity index (χ1v) is 39.4. The SMILES string of the molecule is Brc1cccc(SCc2nc3cc4ccccc4cc3nc2CSc2cccc(Br)c2)c1.Brc1ccccc1SCc1nc2cc3ccccc3cc2nc1CSc1ccccc1Br.Fc1ccc(SCc2nc3cc4ccccc4cc3nc2CSc2ccc(F)cc2)cc1. The summed E-state index contributed by atoms with van der Waals surface area (Å²) in [4.78, 5) is 37.0. The summed E-state index contributed by atoms with van der Waals surface area (Å²) < 4.78 is 30.9. The molecule has 0 aliphatic rings. The lowest BCUT2D eigenvalue weighted by molar-refractivity contribution is 0.626. The van der Waals surface area contributed by atoms with Gasteiger partial charge in [-0.25, -0.2) is 38.7 Å². The van der Waals surface area contributed by atoms with Crippen LogP contribution in [-0.4, -0.2) is 29.9 Å². The zero-order chi connectivity index (χ0) is 65.7. The molecule has 474 valence electrons. The van der Waals surface area contributed by atoms with Crippen molar-refractivity contribution in [2.45, 2.75) is 63.9 Å². The molecule has 0 N–H and O–H groups in total. The second-order valence-electron chi connectivity index (χ2n) is 21.8. The van der Waals surface area contributed by atoms with Crippen LogP contribution in [0.1, 0.15) is 34.2 Å². The zero-order valence-electron chi connectivity index (χ0n) is 50.9. The second kappa shape index (κ2) is 32.8. The van der Waals surface area contributed by atoms with Gasteiger partial charge in [0.2, 0.25) is 0 Å². The van der Waals surface area contributed by atoms with Crippen molar-refractivity contribution < 1.29 is 8.78 Å². The quantitative estimate of drug-likeness (QED) is 0.0606. The molecule has 6 nitrogen and oxygen atoms in total. The summed E-state index contributed by atoms with van der Waals surface area (Å²) in [6.45, 7) is 0. The second-order valence-corrected chi connectivity index (χ2v) is 31.6. The largest absolute Gasteiger partial charge is 0.248 e. The van der Waals surface area contributed by atoms with Crippen molar-refractivity contribution in [3.8, 4) is 0 Å². The fourth-order valence-electron chi connectivity index (χ4n) is 10.3. The van der Waals surface area contributed by atoms with Crippen LogP contribution < -0.4 is 0 Å². The van der Waals surface area contributed by atoms with E-state index in [-0.39, 0.29) is 11.6 Å². The molecule has 18 heteroatoms. The van der Waals surface area contributed by atoms with Crippen LogP contribution in [0.15, 0.2) is 302 Å². The first-order chi connectivity index (χ1) is 46.9. The van der Waals surface area contributed by atoms with Crippen molar-refractivity contribution in [2.75, 3.05) is 0 Å². The Morgan fingerprint density at radius 1 is 0.240 bits per heavy atom. The van der Waals surface area contributed by atoms with E-state index in [1.165, 1.54) is 65.4 Å². The number of hydrogen-bond donors (Lipinski definition) is 0. The monoisotopic (exact) mass is 1620 g/mol. The summed E-state index contributed by atoms with van der Waals surface area (Å²) in [5.41, 5.74) is 11.5. The number of fused-ring (bicyclic) bond motifs is 6. The summed E-state index contributed by atoms with van der Waals surface area (Å²) in [5.74, 6) is 3.85. The number of halogens is 6. The fraction of sp³-hybridized carbons (Fsp3) is 0.0769. The van der Waals surface area contributed by atoms with E-state index in [1.54, 1.807) is 94.8 Å². The normalized spacial score (nSPS) is 11.3. The first kappa shape index (κ1) is 67.9. The Labute approximate surface area is 614 Å². The number of aromatic nitrogens is 6. The molecule has 12 aromatic carbocycles. The van der Waals surface area contributed by atoms with Gasteiger partial charge >= 0.3 is 0 Å². The summed E-state index contributed by atoms with van der Waals surface area (Å²) >= 11 is 24.8. The van der Waals surface area contributed by atoms with Gasteiger partial charge in [0.15, 0.2) is 0 Å². The molecule has 96 heavy (non-hydrogen) atoms. The minimum Gasteiger partial charge on any atom is -0.248 e. The Morgan fingerprint density at radius 2 is 0.490 bits per heavy atom. The minimum atomic E-state index is -0.247. The van der Waals surface area contributed by atoms with Crippen LogP contribution in [0.2, 0.25) is 0 Å². The van der Waals surface area contributed by atoms with E-state index in [0.29, 0.717) is 11.5 Å². The van der Waals surface area contributed by atoms with Crippen LogP contribution in [0.3, 0.4) is 0 Å². The molecule has 3 heterocycles. The molecule has 0 saturated heterocycles. The molecule has 15 aromatic rings. The lowest BCUT2D eigenvalue weighted by atomic mass is 10.1. The molecule has 0 amide bonds. The molecule has 15 rings (SSSR count). The van der Waals surface area contributed by atoms with Gasteiger partial charge in [-0.1, -0.05) is 141 Å². The molecular weight excluding hydrogens is 1570 g/mol. The third-order valence-corrected chi connectivity index (χ3v) is 24.3. The maximum absolute atomic E-state index is 13.2. The highest BCUT2D eigenvalue weighted by Crippen LogP contribution is 2.37. The molecule has 0 bridgehead atoms. The maximum Gasteiger partial charge on any atom is 0.123 e. The van der Waals surface area contributed by atoms with E-state index in [4.69, 9.17) is 29.9 Å². The minimum absolute atomic E-state index is 0.247. The van der Waals surface area contributed by atoms with Crippen LogP contribution in [0.25, 0.3) is 65.4 Å². The number of benzene rings is 12. The van der Waals surface area contributed by atoms with Crippen LogP contribution in [0.5, 0.6) is 0 Å². The smallest absolute Gasteiger partial charge is 0.123 e. The van der Waals surface area contributed by atoms with Gasteiger partial charge < -0.3 is 0 Å². The number of nitrogens with zero attached hydrogens (tertiary/aromatic N) is 6. The van der Waals surface area contributed by atoms with Gasteiger partial charge in [-0.15, -0.1) is 70.6 Å². The van der Waals surface area contributed by atoms with Crippen LogP contribution in [-0.2, 0) is 34.5 Å². The Kier molecular flexibility index (Phi) is 23.2. The molecule has 0 aliphatic carbocycles. The van der Waals surface area contributed by atoms with Crippen LogP contribution in [0.4, 0.5) is 8.78 Å². The Hall–Kier alpha value is -6.68. The van der Waals surface area contributed by atoms with E-state index in [9.17, 15) is 8.78 Å². The van der Waals surface area contributed by atoms with E-state index in [0.717, 1.165) is 129 Å². The third-order valence-electron chi connectivity index (χ3n) is 15.2. The van der Waals surface area contributed by atoms with E-state index in [2.05, 4.69) is 234 Å². The molecule has 3 aromatic heterocycles. The fourth-order valence-corrected chi connectivity index (χ4v) is 18.1. The van der Waals surface area contributed by atoms with Crippen molar-refractivity contribution in [3.05, 3.63) is 318 Å². The predicted octanol–water partition coefficient (Wildman–Crippen LogP) is 25.4. The maximum atomic E-state index is 13.2. The highest BCUT2D eigenvalue weighted by Gasteiger charge is 2.17. The summed E-state index contributed by atoms with van der Waals surface area (Å²) in [6.07, 6.45) is 0. The van der Waals surface area contributed by atoms with E-state index >= 15 is 0 Å². The Bertz CT molecular complexity index is 4950. The topological polar surface area (TPSA) is 77.3 Å². The van der Waals surface area contributed by atoms with Gasteiger partial charge in [0.1, 0.15) is 11.6 Å². The molecule has 0 fully saturated rings. The highest BCUT2D eigenvalue weighted by molar-refractivity contribution is 9.11. The molecule has 0 radical (unpaired) electrons. The average Bonchev–Trinajstić information content (AvgIpc) is 0.804. The lowest BCUT2D eigenvalue weighted by Gasteiger charge is -2.12. The highest BCUT2D eigenvalue weighted by atomic mass is 79.9. The van der Waals surface area contributed by atoms with Crippen LogP contribution in [0, 0.1) is 11.6 Å². The molecule has 0 atom stereocenters. The zero-order valence-corrected chi connectivity index (χ0v) is 62.1. The van der Waals surface area contributed by atoms with Crippen LogP contribution >= 0.6 is 134 Å². The number of rotatable bonds is 18. The number of hydrogen-bond acceptors (Lipinski definition) is 12. The Morgan fingerprint density at radius 3 is 0.760 bits per heavy atom. The first-order valence-electron chi connectivity index (χ1n) is 30.3. The van der Waals surface area contributed by atoms with Crippen molar-refractivity contribution in [1.82, 2.24) is 29.9 Å². The van der Waals surface area contributed by atoms with E-state index in [1.807, 2.05) is 36.4 Å². The van der Waals surface area contributed by atoms with E-state index < -0.39 is 0 Å². The van der Waals surface area contributed by atoms with Crippen molar-refractivity contribution in [3.63, 3.8) is 0 Å². The van der Waals surface area contributed by atoms with Crippen molar-refractivity contribution in [1.29, 1.82) is 0 Å². The molecule has 0 aliphatic heterocycles. The predicted molar refractivity (Wildman–Crippen MR) is 418 cm³/mol. The Balaban J connectivity index is 0.000000130. The summed E-state index contributed by atoms with van der Waals surface area (Å²) in [7, 11) is 0. The molecule has 0 saturated carbocycles. The average molecular weight is 1630 g/mol. The van der Waals surface area contributed by atoms with Gasteiger partial charge in [0.05, 0.1) is 67.3 Å². The molecular formula is C78H54Br4F2N6S6. The van der Waals surface area contributed by atoms with Gasteiger partial charge in [-0.3, -0.25) is 0 Å². The molecule has 0 spiro atoms. The lowest BCUT2D eigenvalue weighted by Crippen LogP contribution is -2.01. The van der Waals surface area contributed by atoms with Gasteiger partial charge in [0.25, 0.3) is 0 Å². The van der Waals surface area contributed by atoms with Gasteiger partial charge in [0, 0.05) is 81.8 Å². The number of thioether (sulfide) groups is 6. The summed E-state index contributed by atoms with van der Waals surface area (Å²) in [6, 6.07) is 84.0. The van der Waals surface area contributed by atoms with Crippen molar-refractivity contribution >= 4 is 200 Å². The third kappa shape index (κ3) is 18.0.